The highest BCUT2D eigenvalue weighted by molar-refractivity contribution is 6.01. The SMILES string of the molecule is CCC(C)(C)C(=O)c1ccc(N)cc1C. The van der Waals surface area contributed by atoms with E-state index < -0.39 is 0 Å². The number of carbonyl (C=O) groups is 1. The third kappa shape index (κ3) is 2.38. The molecule has 0 aliphatic heterocycles. The standard InChI is InChI=1S/C13H19NO/c1-5-13(3,4)12(15)11-7-6-10(14)8-9(11)2/h6-8H,5,14H2,1-4H3. The number of hydrogen-bond acceptors (Lipinski definition) is 2. The van der Waals surface area contributed by atoms with Gasteiger partial charge < -0.3 is 5.73 Å². The molecule has 15 heavy (non-hydrogen) atoms. The number of rotatable bonds is 3. The van der Waals surface area contributed by atoms with Crippen LogP contribution in [0.1, 0.15) is 43.1 Å². The maximum atomic E-state index is 12.2. The van der Waals surface area contributed by atoms with Crippen molar-refractivity contribution in [3.63, 3.8) is 0 Å². The molecule has 0 spiro atoms. The molecule has 1 rings (SSSR count). The van der Waals surface area contributed by atoms with Gasteiger partial charge in [-0.2, -0.15) is 0 Å². The monoisotopic (exact) mass is 205 g/mol. The molecule has 0 radical (unpaired) electrons. The summed E-state index contributed by atoms with van der Waals surface area (Å²) < 4.78 is 0. The van der Waals surface area contributed by atoms with Gasteiger partial charge in [-0.05, 0) is 37.1 Å². The van der Waals surface area contributed by atoms with Gasteiger partial charge in [-0.15, -0.1) is 0 Å². The molecule has 0 saturated carbocycles. The van der Waals surface area contributed by atoms with E-state index in [-0.39, 0.29) is 11.2 Å². The van der Waals surface area contributed by atoms with Crippen LogP contribution in [0.3, 0.4) is 0 Å². The summed E-state index contributed by atoms with van der Waals surface area (Å²) in [7, 11) is 0. The van der Waals surface area contributed by atoms with Gasteiger partial charge in [-0.25, -0.2) is 0 Å². The van der Waals surface area contributed by atoms with Gasteiger partial charge in [-0.1, -0.05) is 20.8 Å². The molecule has 2 N–H and O–H groups in total. The summed E-state index contributed by atoms with van der Waals surface area (Å²) in [5.74, 6) is 0.197. The number of carbonyl (C=O) groups excluding carboxylic acids is 1. The fourth-order valence-electron chi connectivity index (χ4n) is 1.47. The van der Waals surface area contributed by atoms with E-state index >= 15 is 0 Å². The maximum Gasteiger partial charge on any atom is 0.168 e. The fourth-order valence-corrected chi connectivity index (χ4v) is 1.47. The Bertz CT molecular complexity index is 380. The van der Waals surface area contributed by atoms with Crippen LogP contribution in [0.25, 0.3) is 0 Å². The lowest BCUT2D eigenvalue weighted by atomic mass is 9.81. The average molecular weight is 205 g/mol. The van der Waals surface area contributed by atoms with Gasteiger partial charge in [0.2, 0.25) is 0 Å². The first-order chi connectivity index (χ1) is 6.88. The van der Waals surface area contributed by atoms with Crippen molar-refractivity contribution in [2.45, 2.75) is 34.1 Å². The molecule has 1 aromatic rings. The largest absolute Gasteiger partial charge is 0.399 e. The van der Waals surface area contributed by atoms with Crippen LogP contribution in [0.5, 0.6) is 0 Å². The minimum absolute atomic E-state index is 0.197. The van der Waals surface area contributed by atoms with E-state index in [1.807, 2.05) is 39.8 Å². The van der Waals surface area contributed by atoms with E-state index in [0.29, 0.717) is 5.69 Å². The second-order valence-corrected chi connectivity index (χ2v) is 4.64. The smallest absolute Gasteiger partial charge is 0.168 e. The van der Waals surface area contributed by atoms with Crippen LogP contribution in [0.4, 0.5) is 5.69 Å². The Hall–Kier alpha value is -1.31. The number of hydrogen-bond donors (Lipinski definition) is 1. The predicted octanol–water partition coefficient (Wildman–Crippen LogP) is 3.20. The Balaban J connectivity index is 3.12. The molecule has 0 aliphatic rings. The molecule has 0 aliphatic carbocycles. The summed E-state index contributed by atoms with van der Waals surface area (Å²) in [4.78, 5) is 12.2. The van der Waals surface area contributed by atoms with Crippen molar-refractivity contribution in [3.8, 4) is 0 Å². The first-order valence-electron chi connectivity index (χ1n) is 5.29. The van der Waals surface area contributed by atoms with Crippen molar-refractivity contribution in [2.24, 2.45) is 5.41 Å². The molecule has 0 fully saturated rings. The first kappa shape index (κ1) is 11.8. The third-order valence-electron chi connectivity index (χ3n) is 2.99. The molecule has 0 aromatic heterocycles. The summed E-state index contributed by atoms with van der Waals surface area (Å²) in [6.07, 6.45) is 0.843. The predicted molar refractivity (Wildman–Crippen MR) is 64.0 cm³/mol. The number of Topliss-reactive ketones (excluding diaryl/α,β-unsaturated/α-hetero) is 1. The van der Waals surface area contributed by atoms with Crippen LogP contribution in [-0.2, 0) is 0 Å². The summed E-state index contributed by atoms with van der Waals surface area (Å²) in [5.41, 5.74) is 7.82. The number of benzene rings is 1. The quantitative estimate of drug-likeness (QED) is 0.608. The van der Waals surface area contributed by atoms with E-state index in [1.54, 1.807) is 6.07 Å². The van der Waals surface area contributed by atoms with Crippen molar-refractivity contribution in [3.05, 3.63) is 29.3 Å². The molecule has 82 valence electrons. The lowest BCUT2D eigenvalue weighted by Crippen LogP contribution is -2.24. The molecule has 0 atom stereocenters. The molecular formula is C13H19NO. The average Bonchev–Trinajstić information content (AvgIpc) is 2.17. The number of aryl methyl sites for hydroxylation is 1. The fraction of sp³-hybridized carbons (Fsp3) is 0.462. The Morgan fingerprint density at radius 2 is 2.00 bits per heavy atom. The van der Waals surface area contributed by atoms with Crippen molar-refractivity contribution in [1.29, 1.82) is 0 Å². The van der Waals surface area contributed by atoms with Crippen LogP contribution >= 0.6 is 0 Å². The molecule has 1 aromatic carbocycles. The van der Waals surface area contributed by atoms with Gasteiger partial charge in [-0.3, -0.25) is 4.79 Å². The molecule has 0 saturated heterocycles. The summed E-state index contributed by atoms with van der Waals surface area (Å²) in [5, 5.41) is 0. The Morgan fingerprint density at radius 1 is 1.40 bits per heavy atom. The highest BCUT2D eigenvalue weighted by Crippen LogP contribution is 2.27. The second kappa shape index (κ2) is 4.05. The van der Waals surface area contributed by atoms with Crippen molar-refractivity contribution >= 4 is 11.5 Å². The Kier molecular flexibility index (Phi) is 3.18. The van der Waals surface area contributed by atoms with Gasteiger partial charge in [0.05, 0.1) is 0 Å². The number of ketones is 1. The van der Waals surface area contributed by atoms with E-state index in [0.717, 1.165) is 17.5 Å². The molecule has 2 nitrogen and oxygen atoms in total. The lowest BCUT2D eigenvalue weighted by molar-refractivity contribution is 0.0832. The van der Waals surface area contributed by atoms with Gasteiger partial charge in [0.1, 0.15) is 0 Å². The lowest BCUT2D eigenvalue weighted by Gasteiger charge is -2.22. The molecule has 0 unspecified atom stereocenters. The van der Waals surface area contributed by atoms with Crippen LogP contribution in [0, 0.1) is 12.3 Å². The van der Waals surface area contributed by atoms with Gasteiger partial charge in [0, 0.05) is 16.7 Å². The van der Waals surface area contributed by atoms with E-state index in [1.165, 1.54) is 0 Å². The second-order valence-electron chi connectivity index (χ2n) is 4.64. The molecule has 2 heteroatoms. The number of anilines is 1. The number of nitrogens with two attached hydrogens (primary N) is 1. The first-order valence-corrected chi connectivity index (χ1v) is 5.29. The highest BCUT2D eigenvalue weighted by Gasteiger charge is 2.27. The van der Waals surface area contributed by atoms with Gasteiger partial charge >= 0.3 is 0 Å². The third-order valence-corrected chi connectivity index (χ3v) is 2.99. The van der Waals surface area contributed by atoms with Crippen molar-refractivity contribution in [1.82, 2.24) is 0 Å². The van der Waals surface area contributed by atoms with Crippen molar-refractivity contribution in [2.75, 3.05) is 5.73 Å². The van der Waals surface area contributed by atoms with Gasteiger partial charge in [0.25, 0.3) is 0 Å². The number of nitrogen functional groups attached to an aromatic ring is 1. The highest BCUT2D eigenvalue weighted by atomic mass is 16.1. The van der Waals surface area contributed by atoms with Crippen LogP contribution in [0.15, 0.2) is 18.2 Å². The summed E-state index contributed by atoms with van der Waals surface area (Å²) in [6.45, 7) is 7.91. The van der Waals surface area contributed by atoms with Crippen LogP contribution in [0.2, 0.25) is 0 Å². The zero-order valence-electron chi connectivity index (χ0n) is 9.92. The molecular weight excluding hydrogens is 186 g/mol. The van der Waals surface area contributed by atoms with Crippen LogP contribution in [-0.4, -0.2) is 5.78 Å². The minimum atomic E-state index is -0.291. The Labute approximate surface area is 91.5 Å². The zero-order chi connectivity index (χ0) is 11.6. The minimum Gasteiger partial charge on any atom is -0.399 e. The Morgan fingerprint density at radius 3 is 2.47 bits per heavy atom. The van der Waals surface area contributed by atoms with E-state index in [2.05, 4.69) is 0 Å². The molecule has 0 bridgehead atoms. The molecule has 0 amide bonds. The normalized spacial score (nSPS) is 11.5. The van der Waals surface area contributed by atoms with E-state index in [4.69, 9.17) is 5.73 Å². The van der Waals surface area contributed by atoms with E-state index in [9.17, 15) is 4.79 Å². The summed E-state index contributed by atoms with van der Waals surface area (Å²) >= 11 is 0. The summed E-state index contributed by atoms with van der Waals surface area (Å²) in [6, 6.07) is 5.45. The topological polar surface area (TPSA) is 43.1 Å². The maximum absolute atomic E-state index is 12.2. The van der Waals surface area contributed by atoms with Crippen LogP contribution < -0.4 is 5.73 Å². The van der Waals surface area contributed by atoms with Gasteiger partial charge in [0.15, 0.2) is 5.78 Å². The molecule has 0 heterocycles. The van der Waals surface area contributed by atoms with Crippen molar-refractivity contribution < 1.29 is 4.79 Å². The zero-order valence-corrected chi connectivity index (χ0v) is 9.92.